The molecule has 0 bridgehead atoms. The van der Waals surface area contributed by atoms with Gasteiger partial charge in [-0.1, -0.05) is 6.07 Å². The first-order chi connectivity index (χ1) is 11.8. The second kappa shape index (κ2) is 8.29. The van der Waals surface area contributed by atoms with Crippen LogP contribution in [-0.2, 0) is 16.2 Å². The summed E-state index contributed by atoms with van der Waals surface area (Å²) in [5.41, 5.74) is 0.721. The monoisotopic (exact) mass is 368 g/mol. The third-order valence-electron chi connectivity index (χ3n) is 4.00. The van der Waals surface area contributed by atoms with Gasteiger partial charge in [0.2, 0.25) is 5.91 Å². The molecule has 0 saturated heterocycles. The molecule has 25 heavy (non-hydrogen) atoms. The number of carbonyl (C=O) groups is 1. The number of rotatable bonds is 6. The molecule has 1 N–H and O–H groups in total. The highest BCUT2D eigenvalue weighted by Gasteiger charge is 2.35. The molecule has 0 radical (unpaired) electrons. The Morgan fingerprint density at radius 1 is 1.24 bits per heavy atom. The summed E-state index contributed by atoms with van der Waals surface area (Å²) in [6.45, 7) is 11.7. The summed E-state index contributed by atoms with van der Waals surface area (Å²) in [7, 11) is 0. The summed E-state index contributed by atoms with van der Waals surface area (Å²) in [4.78, 5) is 14.7. The summed E-state index contributed by atoms with van der Waals surface area (Å²) in [5, 5.41) is 0. The number of hydrogen-bond acceptors (Lipinski definition) is 5. The average Bonchev–Trinajstić information content (AvgIpc) is 2.59. The number of fused-ring (bicyclic) bond motifs is 1. The second-order valence-corrected chi connectivity index (χ2v) is 8.84. The molecule has 0 spiro atoms. The number of hydrogen-bond donors (Lipinski definition) is 1. The zero-order chi connectivity index (χ0) is 18.6. The first kappa shape index (κ1) is 19.9. The van der Waals surface area contributed by atoms with Crippen molar-refractivity contribution >= 4 is 17.3 Å². The van der Waals surface area contributed by atoms with Crippen LogP contribution in [0.3, 0.4) is 0 Å². The van der Waals surface area contributed by atoms with Crippen LogP contribution in [0.1, 0.15) is 46.2 Å². The van der Waals surface area contributed by atoms with Gasteiger partial charge in [0, 0.05) is 24.5 Å². The van der Waals surface area contributed by atoms with E-state index in [9.17, 15) is 9.35 Å². The third-order valence-corrected chi connectivity index (χ3v) is 5.56. The highest BCUT2D eigenvalue weighted by atomic mass is 32.2. The standard InChI is InChI=1S/C18H28N2O4S/c1-6-20(7-2)17(21)16(19-25(22)18(3,4)5)13-8-9-14-15(12-13)24-11-10-23-14/h8-9,12,16,19H,6-7,10-11H2,1-5H3/t16-,25?/m1/s1. The maximum atomic E-state index is 13.0. The normalized spacial score (nSPS) is 16.2. The van der Waals surface area contributed by atoms with Gasteiger partial charge in [0.15, 0.2) is 17.5 Å². The molecule has 6 nitrogen and oxygen atoms in total. The van der Waals surface area contributed by atoms with Gasteiger partial charge in [0.1, 0.15) is 18.0 Å². The number of carbonyl (C=O) groups excluding carboxylic acids is 1. The van der Waals surface area contributed by atoms with Crippen molar-refractivity contribution in [2.24, 2.45) is 0 Å². The molecule has 1 heterocycles. The van der Waals surface area contributed by atoms with Crippen molar-refractivity contribution in [1.29, 1.82) is 0 Å². The largest absolute Gasteiger partial charge is 0.598 e. The van der Waals surface area contributed by atoms with Gasteiger partial charge in [0.05, 0.1) is 0 Å². The molecule has 1 unspecified atom stereocenters. The fourth-order valence-electron chi connectivity index (χ4n) is 2.50. The Bertz CT molecular complexity index is 599. The third kappa shape index (κ3) is 4.80. The van der Waals surface area contributed by atoms with Gasteiger partial charge < -0.3 is 18.9 Å². The smallest absolute Gasteiger partial charge is 0.248 e. The van der Waals surface area contributed by atoms with E-state index < -0.39 is 22.2 Å². The topological polar surface area (TPSA) is 73.9 Å². The van der Waals surface area contributed by atoms with Gasteiger partial charge in [0.25, 0.3) is 0 Å². The van der Waals surface area contributed by atoms with E-state index in [1.54, 1.807) is 17.0 Å². The maximum Gasteiger partial charge on any atom is 0.248 e. The van der Waals surface area contributed by atoms with Crippen molar-refractivity contribution < 1.29 is 18.8 Å². The lowest BCUT2D eigenvalue weighted by molar-refractivity contribution is -0.132. The molecule has 2 atom stereocenters. The van der Waals surface area contributed by atoms with Crippen LogP contribution in [0.4, 0.5) is 0 Å². The highest BCUT2D eigenvalue weighted by molar-refractivity contribution is 7.90. The van der Waals surface area contributed by atoms with Crippen molar-refractivity contribution in [3.8, 4) is 11.5 Å². The summed E-state index contributed by atoms with van der Waals surface area (Å²) in [6.07, 6.45) is 0. The summed E-state index contributed by atoms with van der Waals surface area (Å²) < 4.78 is 26.3. The molecule has 2 rings (SSSR count). The second-order valence-electron chi connectivity index (χ2n) is 6.85. The maximum absolute atomic E-state index is 13.0. The van der Waals surface area contributed by atoms with E-state index in [1.807, 2.05) is 40.7 Å². The zero-order valence-corrected chi connectivity index (χ0v) is 16.4. The molecular weight excluding hydrogens is 340 g/mol. The number of nitrogens with one attached hydrogen (secondary N) is 1. The number of benzene rings is 1. The summed E-state index contributed by atoms with van der Waals surface area (Å²) >= 11 is -1.38. The first-order valence-electron chi connectivity index (χ1n) is 8.64. The SMILES string of the molecule is CCN(CC)C(=O)[C@H](N[S+]([O-])C(C)(C)C)c1ccc2c(c1)OCCO2. The Hall–Kier alpha value is -1.44. The Kier molecular flexibility index (Phi) is 6.59. The van der Waals surface area contributed by atoms with Crippen molar-refractivity contribution in [3.05, 3.63) is 23.8 Å². The van der Waals surface area contributed by atoms with Gasteiger partial charge in [-0.15, -0.1) is 4.72 Å². The van der Waals surface area contributed by atoms with Crippen molar-refractivity contribution in [3.63, 3.8) is 0 Å². The molecule has 0 aliphatic carbocycles. The predicted octanol–water partition coefficient (Wildman–Crippen LogP) is 2.42. The van der Waals surface area contributed by atoms with Crippen molar-refractivity contribution in [1.82, 2.24) is 9.62 Å². The molecule has 140 valence electrons. The minimum atomic E-state index is -1.38. The number of ether oxygens (including phenoxy) is 2. The van der Waals surface area contributed by atoms with Crippen LogP contribution >= 0.6 is 0 Å². The van der Waals surface area contributed by atoms with E-state index in [0.717, 1.165) is 5.56 Å². The van der Waals surface area contributed by atoms with Crippen LogP contribution in [-0.4, -0.2) is 46.4 Å². The molecule has 7 heteroatoms. The van der Waals surface area contributed by atoms with Crippen LogP contribution < -0.4 is 14.2 Å². The Morgan fingerprint density at radius 2 is 1.84 bits per heavy atom. The van der Waals surface area contributed by atoms with E-state index in [1.165, 1.54) is 0 Å². The van der Waals surface area contributed by atoms with E-state index >= 15 is 0 Å². The highest BCUT2D eigenvalue weighted by Crippen LogP contribution is 2.33. The summed E-state index contributed by atoms with van der Waals surface area (Å²) in [5.74, 6) is 1.18. The number of likely N-dealkylation sites (N-methyl/N-ethyl adjacent to an activating group) is 1. The lowest BCUT2D eigenvalue weighted by Crippen LogP contribution is -2.47. The number of amides is 1. The molecular formula is C18H28N2O4S. The van der Waals surface area contributed by atoms with Gasteiger partial charge in [-0.05, 0) is 52.3 Å². The molecule has 0 aromatic heterocycles. The van der Waals surface area contributed by atoms with E-state index in [2.05, 4.69) is 4.72 Å². The lowest BCUT2D eigenvalue weighted by atomic mass is 10.1. The summed E-state index contributed by atoms with van der Waals surface area (Å²) in [6, 6.07) is 4.73. The van der Waals surface area contributed by atoms with Crippen LogP contribution in [0.15, 0.2) is 18.2 Å². The minimum Gasteiger partial charge on any atom is -0.598 e. The van der Waals surface area contributed by atoms with E-state index in [4.69, 9.17) is 9.47 Å². The van der Waals surface area contributed by atoms with Gasteiger partial charge in [-0.3, -0.25) is 4.79 Å². The molecule has 1 aliphatic heterocycles. The van der Waals surface area contributed by atoms with Crippen LogP contribution in [0.2, 0.25) is 0 Å². The molecule has 1 aromatic carbocycles. The van der Waals surface area contributed by atoms with Gasteiger partial charge >= 0.3 is 0 Å². The fourth-order valence-corrected chi connectivity index (χ4v) is 3.31. The number of nitrogens with zero attached hydrogens (tertiary/aromatic N) is 1. The van der Waals surface area contributed by atoms with Gasteiger partial charge in [-0.2, -0.15) is 0 Å². The minimum absolute atomic E-state index is 0.0979. The predicted molar refractivity (Wildman–Crippen MR) is 99.1 cm³/mol. The lowest BCUT2D eigenvalue weighted by Gasteiger charge is -2.31. The van der Waals surface area contributed by atoms with E-state index in [-0.39, 0.29) is 5.91 Å². The quantitative estimate of drug-likeness (QED) is 0.781. The van der Waals surface area contributed by atoms with Crippen LogP contribution in [0, 0.1) is 0 Å². The van der Waals surface area contributed by atoms with E-state index in [0.29, 0.717) is 37.8 Å². The average molecular weight is 368 g/mol. The van der Waals surface area contributed by atoms with Gasteiger partial charge in [-0.25, -0.2) is 0 Å². The fraction of sp³-hybridized carbons (Fsp3) is 0.611. The first-order valence-corrected chi connectivity index (χ1v) is 9.79. The Balaban J connectivity index is 2.35. The Labute approximate surface area is 153 Å². The molecule has 1 aliphatic rings. The van der Waals surface area contributed by atoms with Crippen LogP contribution in [0.5, 0.6) is 11.5 Å². The molecule has 1 amide bonds. The Morgan fingerprint density at radius 3 is 2.40 bits per heavy atom. The zero-order valence-electron chi connectivity index (χ0n) is 15.6. The van der Waals surface area contributed by atoms with Crippen LogP contribution in [0.25, 0.3) is 0 Å². The molecule has 1 aromatic rings. The van der Waals surface area contributed by atoms with Crippen molar-refractivity contribution in [2.45, 2.75) is 45.4 Å². The molecule has 0 saturated carbocycles. The van der Waals surface area contributed by atoms with Crippen molar-refractivity contribution in [2.75, 3.05) is 26.3 Å². The molecule has 0 fully saturated rings.